The van der Waals surface area contributed by atoms with Crippen LogP contribution in [0.4, 0.5) is 20.3 Å². The highest BCUT2D eigenvalue weighted by atomic mass is 19.3. The van der Waals surface area contributed by atoms with Crippen molar-refractivity contribution in [1.29, 1.82) is 0 Å². The van der Waals surface area contributed by atoms with Crippen molar-refractivity contribution >= 4 is 11.5 Å². The zero-order chi connectivity index (χ0) is 15.4. The predicted octanol–water partition coefficient (Wildman–Crippen LogP) is 3.85. The summed E-state index contributed by atoms with van der Waals surface area (Å²) >= 11 is 0. The largest absolute Gasteiger partial charge is 0.366 e. The van der Waals surface area contributed by atoms with Crippen LogP contribution in [0.3, 0.4) is 0 Å². The van der Waals surface area contributed by atoms with E-state index in [2.05, 4.69) is 10.3 Å². The Bertz CT molecular complexity index is 645. The van der Waals surface area contributed by atoms with Gasteiger partial charge in [-0.05, 0) is 18.6 Å². The fourth-order valence-electron chi connectivity index (χ4n) is 1.81. The number of pyridine rings is 1. The average Bonchev–Trinajstić information content (AvgIpc) is 2.45. The lowest BCUT2D eigenvalue weighted by Gasteiger charge is -2.07. The summed E-state index contributed by atoms with van der Waals surface area (Å²) in [4.78, 5) is 14.1. The Hall–Kier alpha value is -2.57. The van der Waals surface area contributed by atoms with E-state index in [-0.39, 0.29) is 11.3 Å². The third-order valence-corrected chi connectivity index (χ3v) is 2.99. The Morgan fingerprint density at radius 3 is 2.52 bits per heavy atom. The molecule has 0 bridgehead atoms. The van der Waals surface area contributed by atoms with E-state index in [4.69, 9.17) is 0 Å². The molecule has 1 aromatic carbocycles. The Kier molecular flexibility index (Phi) is 4.42. The van der Waals surface area contributed by atoms with Crippen LogP contribution in [0.25, 0.3) is 0 Å². The smallest absolute Gasteiger partial charge is 0.290 e. The van der Waals surface area contributed by atoms with E-state index < -0.39 is 11.3 Å². The summed E-state index contributed by atoms with van der Waals surface area (Å²) in [6, 6.07) is 7.53. The van der Waals surface area contributed by atoms with Gasteiger partial charge in [0, 0.05) is 17.7 Å². The molecule has 0 spiro atoms. The van der Waals surface area contributed by atoms with Crippen molar-refractivity contribution < 1.29 is 13.7 Å². The number of aromatic nitrogens is 1. The fourth-order valence-corrected chi connectivity index (χ4v) is 1.81. The molecule has 0 aliphatic heterocycles. The number of anilines is 1. The Morgan fingerprint density at radius 1 is 1.33 bits per heavy atom. The van der Waals surface area contributed by atoms with Gasteiger partial charge in [-0.3, -0.25) is 10.1 Å². The highest BCUT2D eigenvalue weighted by Crippen LogP contribution is 2.21. The van der Waals surface area contributed by atoms with Gasteiger partial charge in [0.1, 0.15) is 12.0 Å². The number of nitrogens with one attached hydrogen (secondary N) is 1. The average molecular weight is 293 g/mol. The monoisotopic (exact) mass is 293 g/mol. The summed E-state index contributed by atoms with van der Waals surface area (Å²) in [5.41, 5.74) is 1.26. The second kappa shape index (κ2) is 6.25. The third kappa shape index (κ3) is 3.71. The maximum absolute atomic E-state index is 12.4. The van der Waals surface area contributed by atoms with Gasteiger partial charge in [0.15, 0.2) is 0 Å². The van der Waals surface area contributed by atoms with Gasteiger partial charge in [0.25, 0.3) is 12.1 Å². The number of hydrogen-bond donors (Lipinski definition) is 1. The van der Waals surface area contributed by atoms with E-state index in [1.54, 1.807) is 25.1 Å². The normalized spacial score (nSPS) is 10.7. The van der Waals surface area contributed by atoms with E-state index in [1.807, 2.05) is 0 Å². The standard InChI is InChI=1S/C14H13F2N3O2/c1-9-6-13(18-8-12(9)19(20)21)17-7-10-2-4-11(5-3-10)14(15)16/h2-6,8,14H,7H2,1H3,(H,17,18). The molecule has 0 amide bonds. The second-order valence-corrected chi connectivity index (χ2v) is 4.51. The summed E-state index contributed by atoms with van der Waals surface area (Å²) in [7, 11) is 0. The number of nitrogens with zero attached hydrogens (tertiary/aromatic N) is 2. The van der Waals surface area contributed by atoms with Gasteiger partial charge in [0.2, 0.25) is 0 Å². The first-order valence-electron chi connectivity index (χ1n) is 6.19. The Balaban J connectivity index is 2.03. The molecular weight excluding hydrogens is 280 g/mol. The van der Waals surface area contributed by atoms with Crippen LogP contribution in [-0.4, -0.2) is 9.91 Å². The molecule has 0 fully saturated rings. The van der Waals surface area contributed by atoms with Gasteiger partial charge in [-0.2, -0.15) is 0 Å². The minimum Gasteiger partial charge on any atom is -0.366 e. The van der Waals surface area contributed by atoms with Crippen molar-refractivity contribution in [2.45, 2.75) is 19.9 Å². The molecule has 1 N–H and O–H groups in total. The molecule has 0 radical (unpaired) electrons. The number of benzene rings is 1. The van der Waals surface area contributed by atoms with Gasteiger partial charge >= 0.3 is 0 Å². The van der Waals surface area contributed by atoms with Gasteiger partial charge in [-0.25, -0.2) is 13.8 Å². The van der Waals surface area contributed by atoms with E-state index in [1.165, 1.54) is 18.3 Å². The molecule has 0 aliphatic carbocycles. The highest BCUT2D eigenvalue weighted by molar-refractivity contribution is 5.47. The molecule has 5 nitrogen and oxygen atoms in total. The van der Waals surface area contributed by atoms with Crippen LogP contribution < -0.4 is 5.32 Å². The topological polar surface area (TPSA) is 68.1 Å². The second-order valence-electron chi connectivity index (χ2n) is 4.51. The summed E-state index contributed by atoms with van der Waals surface area (Å²) < 4.78 is 24.8. The molecule has 110 valence electrons. The maximum Gasteiger partial charge on any atom is 0.290 e. The lowest BCUT2D eigenvalue weighted by molar-refractivity contribution is -0.385. The van der Waals surface area contributed by atoms with Gasteiger partial charge in [-0.15, -0.1) is 0 Å². The molecule has 0 saturated heterocycles. The van der Waals surface area contributed by atoms with Gasteiger partial charge in [-0.1, -0.05) is 24.3 Å². The van der Waals surface area contributed by atoms with Crippen molar-refractivity contribution in [3.05, 3.63) is 63.3 Å². The number of alkyl halides is 2. The van der Waals surface area contributed by atoms with Crippen LogP contribution in [0.5, 0.6) is 0 Å². The number of rotatable bonds is 5. The van der Waals surface area contributed by atoms with Crippen LogP contribution in [-0.2, 0) is 6.54 Å². The molecular formula is C14H13F2N3O2. The van der Waals surface area contributed by atoms with E-state index >= 15 is 0 Å². The van der Waals surface area contributed by atoms with Crippen molar-refractivity contribution in [3.63, 3.8) is 0 Å². The highest BCUT2D eigenvalue weighted by Gasteiger charge is 2.11. The summed E-state index contributed by atoms with van der Waals surface area (Å²) in [5, 5.41) is 13.7. The molecule has 0 saturated carbocycles. The van der Waals surface area contributed by atoms with Gasteiger partial charge in [0.05, 0.1) is 4.92 Å². The SMILES string of the molecule is Cc1cc(NCc2ccc(C(F)F)cc2)ncc1[N+](=O)[O-]. The molecule has 1 aromatic heterocycles. The number of halogens is 2. The van der Waals surface area contributed by atoms with Gasteiger partial charge < -0.3 is 5.32 Å². The molecule has 1 heterocycles. The zero-order valence-corrected chi connectivity index (χ0v) is 11.2. The lowest BCUT2D eigenvalue weighted by Crippen LogP contribution is -2.03. The zero-order valence-electron chi connectivity index (χ0n) is 11.2. The lowest BCUT2D eigenvalue weighted by atomic mass is 10.1. The van der Waals surface area contributed by atoms with Crippen LogP contribution in [0.1, 0.15) is 23.1 Å². The summed E-state index contributed by atoms with van der Waals surface area (Å²) in [6.07, 6.45) is -1.29. The molecule has 0 aliphatic rings. The first-order valence-corrected chi connectivity index (χ1v) is 6.19. The first-order chi connectivity index (χ1) is 9.97. The predicted molar refractivity (Wildman–Crippen MR) is 74.4 cm³/mol. The molecule has 2 rings (SSSR count). The quantitative estimate of drug-likeness (QED) is 0.671. The molecule has 21 heavy (non-hydrogen) atoms. The van der Waals surface area contributed by atoms with Crippen LogP contribution in [0.15, 0.2) is 36.5 Å². The maximum atomic E-state index is 12.4. The van der Waals surface area contributed by atoms with Crippen LogP contribution >= 0.6 is 0 Å². The summed E-state index contributed by atoms with van der Waals surface area (Å²) in [5.74, 6) is 0.496. The molecule has 7 heteroatoms. The van der Waals surface area contributed by atoms with Crippen LogP contribution in [0.2, 0.25) is 0 Å². The van der Waals surface area contributed by atoms with Crippen LogP contribution in [0, 0.1) is 17.0 Å². The van der Waals surface area contributed by atoms with E-state index in [0.717, 1.165) is 5.56 Å². The van der Waals surface area contributed by atoms with E-state index in [9.17, 15) is 18.9 Å². The number of hydrogen-bond acceptors (Lipinski definition) is 4. The Labute approximate surface area is 119 Å². The Morgan fingerprint density at radius 2 is 2.00 bits per heavy atom. The van der Waals surface area contributed by atoms with Crippen molar-refractivity contribution in [2.75, 3.05) is 5.32 Å². The third-order valence-electron chi connectivity index (χ3n) is 2.99. The minimum absolute atomic E-state index is 0.0249. The fraction of sp³-hybridized carbons (Fsp3) is 0.214. The summed E-state index contributed by atoms with van der Waals surface area (Å²) in [6.45, 7) is 2.02. The number of nitro groups is 1. The molecule has 0 unspecified atom stereocenters. The first kappa shape index (κ1) is 14.8. The number of aryl methyl sites for hydroxylation is 1. The van der Waals surface area contributed by atoms with E-state index in [0.29, 0.717) is 17.9 Å². The minimum atomic E-state index is -2.48. The van der Waals surface area contributed by atoms with Crippen molar-refractivity contribution in [2.24, 2.45) is 0 Å². The molecule has 0 atom stereocenters. The molecule has 2 aromatic rings. The van der Waals surface area contributed by atoms with Crippen molar-refractivity contribution in [3.8, 4) is 0 Å². The van der Waals surface area contributed by atoms with Crippen molar-refractivity contribution in [1.82, 2.24) is 4.98 Å².